The van der Waals surface area contributed by atoms with Crippen LogP contribution in [0.5, 0.6) is 0 Å². The minimum absolute atomic E-state index is 0.433. The predicted molar refractivity (Wildman–Crippen MR) is 57.2 cm³/mol. The van der Waals surface area contributed by atoms with E-state index in [1.165, 1.54) is 6.42 Å². The Labute approximate surface area is 86.0 Å². The normalized spacial score (nSPS) is 20.4. The maximum absolute atomic E-state index is 11.3. The van der Waals surface area contributed by atoms with Gasteiger partial charge in [0.15, 0.2) is 0 Å². The Kier molecular flexibility index (Phi) is 3.73. The van der Waals surface area contributed by atoms with E-state index >= 15 is 0 Å². The summed E-state index contributed by atoms with van der Waals surface area (Å²) in [7, 11) is 0. The van der Waals surface area contributed by atoms with Gasteiger partial charge >= 0.3 is 5.97 Å². The van der Waals surface area contributed by atoms with Crippen LogP contribution < -0.4 is 0 Å². The molecule has 0 aliphatic heterocycles. The van der Waals surface area contributed by atoms with Crippen LogP contribution >= 0.6 is 0 Å². The Bertz CT molecular complexity index is 224. The van der Waals surface area contributed by atoms with Crippen molar-refractivity contribution >= 4 is 5.97 Å². The zero-order chi connectivity index (χ0) is 10.6. The molecule has 2 heteroatoms. The van der Waals surface area contributed by atoms with Gasteiger partial charge in [0.1, 0.15) is 0 Å². The lowest BCUT2D eigenvalue weighted by Crippen LogP contribution is -2.33. The van der Waals surface area contributed by atoms with Crippen molar-refractivity contribution < 1.29 is 9.90 Å². The van der Waals surface area contributed by atoms with E-state index in [1.54, 1.807) is 0 Å². The number of allylic oxidation sites excluding steroid dienone is 1. The lowest BCUT2D eigenvalue weighted by Gasteiger charge is -2.33. The monoisotopic (exact) mass is 196 g/mol. The molecule has 0 aromatic carbocycles. The van der Waals surface area contributed by atoms with E-state index in [-0.39, 0.29) is 0 Å². The molecule has 1 aliphatic carbocycles. The fraction of sp³-hybridized carbons (Fsp3) is 0.750. The molecule has 1 saturated carbocycles. The first kappa shape index (κ1) is 11.3. The maximum atomic E-state index is 11.3. The molecule has 0 atom stereocenters. The van der Waals surface area contributed by atoms with Crippen molar-refractivity contribution in [2.45, 2.75) is 51.9 Å². The number of hydrogen-bond donors (Lipinski definition) is 1. The first-order valence-electron chi connectivity index (χ1n) is 5.45. The van der Waals surface area contributed by atoms with E-state index in [9.17, 15) is 9.90 Å². The third-order valence-electron chi connectivity index (χ3n) is 3.29. The van der Waals surface area contributed by atoms with Crippen LogP contribution in [0.3, 0.4) is 0 Å². The van der Waals surface area contributed by atoms with Gasteiger partial charge in [-0.15, -0.1) is 6.58 Å². The van der Waals surface area contributed by atoms with Gasteiger partial charge in [-0.05, 0) is 32.6 Å². The van der Waals surface area contributed by atoms with Gasteiger partial charge in [0, 0.05) is 0 Å². The Morgan fingerprint density at radius 3 is 2.36 bits per heavy atom. The zero-order valence-corrected chi connectivity index (χ0v) is 9.01. The predicted octanol–water partition coefficient (Wildman–Crippen LogP) is 3.38. The molecule has 0 heterocycles. The van der Waals surface area contributed by atoms with Crippen molar-refractivity contribution in [3.8, 4) is 0 Å². The summed E-state index contributed by atoms with van der Waals surface area (Å²) in [5.74, 6) is -0.599. The van der Waals surface area contributed by atoms with Gasteiger partial charge in [-0.2, -0.15) is 0 Å². The van der Waals surface area contributed by atoms with Crippen molar-refractivity contribution in [1.29, 1.82) is 0 Å². The van der Waals surface area contributed by atoms with Gasteiger partial charge in [0.05, 0.1) is 5.41 Å². The molecule has 14 heavy (non-hydrogen) atoms. The van der Waals surface area contributed by atoms with E-state index in [4.69, 9.17) is 0 Å². The number of hydrogen-bond acceptors (Lipinski definition) is 1. The minimum Gasteiger partial charge on any atom is -0.481 e. The molecule has 0 radical (unpaired) electrons. The third kappa shape index (κ3) is 2.60. The van der Waals surface area contributed by atoms with Gasteiger partial charge in [-0.1, -0.05) is 24.8 Å². The Hall–Kier alpha value is -0.790. The van der Waals surface area contributed by atoms with Crippen LogP contribution in [0.25, 0.3) is 0 Å². The molecule has 0 saturated heterocycles. The number of rotatable bonds is 4. The SMILES string of the molecule is C=C(C)CCC1(C(=O)O)CCCCC1. The Morgan fingerprint density at radius 2 is 1.93 bits per heavy atom. The average molecular weight is 196 g/mol. The number of carboxylic acid groups (broad SMARTS) is 1. The lowest BCUT2D eigenvalue weighted by molar-refractivity contribution is -0.151. The van der Waals surface area contributed by atoms with Crippen LogP contribution in [-0.4, -0.2) is 11.1 Å². The molecular weight excluding hydrogens is 176 g/mol. The molecule has 0 amide bonds. The Morgan fingerprint density at radius 1 is 1.36 bits per heavy atom. The average Bonchev–Trinajstić information content (AvgIpc) is 2.16. The first-order chi connectivity index (χ1) is 6.57. The second-order valence-corrected chi connectivity index (χ2v) is 4.60. The van der Waals surface area contributed by atoms with Gasteiger partial charge in [0.2, 0.25) is 0 Å². The first-order valence-corrected chi connectivity index (χ1v) is 5.45. The molecule has 2 nitrogen and oxygen atoms in total. The van der Waals surface area contributed by atoms with Crippen molar-refractivity contribution in [2.24, 2.45) is 5.41 Å². The van der Waals surface area contributed by atoms with Gasteiger partial charge in [-0.3, -0.25) is 4.79 Å². The molecule has 0 aromatic rings. The van der Waals surface area contributed by atoms with Crippen LogP contribution in [0.2, 0.25) is 0 Å². The Balaban J connectivity index is 2.60. The zero-order valence-electron chi connectivity index (χ0n) is 9.01. The van der Waals surface area contributed by atoms with E-state index in [0.29, 0.717) is 0 Å². The summed E-state index contributed by atoms with van der Waals surface area (Å²) in [4.78, 5) is 11.3. The molecule has 0 bridgehead atoms. The topological polar surface area (TPSA) is 37.3 Å². The molecule has 0 unspecified atom stereocenters. The van der Waals surface area contributed by atoms with E-state index in [0.717, 1.165) is 44.1 Å². The highest BCUT2D eigenvalue weighted by Gasteiger charge is 2.38. The maximum Gasteiger partial charge on any atom is 0.309 e. The summed E-state index contributed by atoms with van der Waals surface area (Å²) in [5.41, 5.74) is 0.660. The van der Waals surface area contributed by atoms with E-state index in [2.05, 4.69) is 6.58 Å². The molecule has 1 rings (SSSR count). The molecule has 0 aromatic heterocycles. The van der Waals surface area contributed by atoms with E-state index < -0.39 is 11.4 Å². The van der Waals surface area contributed by atoms with Crippen LogP contribution in [0, 0.1) is 5.41 Å². The second kappa shape index (κ2) is 4.63. The lowest BCUT2D eigenvalue weighted by atomic mass is 9.71. The van der Waals surface area contributed by atoms with Crippen LogP contribution in [0.15, 0.2) is 12.2 Å². The minimum atomic E-state index is -0.599. The van der Waals surface area contributed by atoms with E-state index in [1.807, 2.05) is 6.92 Å². The van der Waals surface area contributed by atoms with Crippen molar-refractivity contribution in [3.63, 3.8) is 0 Å². The molecule has 1 fully saturated rings. The highest BCUT2D eigenvalue weighted by molar-refractivity contribution is 5.74. The van der Waals surface area contributed by atoms with Crippen LogP contribution in [-0.2, 0) is 4.79 Å². The quantitative estimate of drug-likeness (QED) is 0.700. The fourth-order valence-electron chi connectivity index (χ4n) is 2.25. The molecule has 1 aliphatic rings. The smallest absolute Gasteiger partial charge is 0.309 e. The van der Waals surface area contributed by atoms with Crippen molar-refractivity contribution in [1.82, 2.24) is 0 Å². The summed E-state index contributed by atoms with van der Waals surface area (Å²) in [6.45, 7) is 5.81. The fourth-order valence-corrected chi connectivity index (χ4v) is 2.25. The standard InChI is InChI=1S/C12H20O2/c1-10(2)6-9-12(11(13)14)7-4-3-5-8-12/h1,3-9H2,2H3,(H,13,14). The second-order valence-electron chi connectivity index (χ2n) is 4.60. The van der Waals surface area contributed by atoms with Crippen molar-refractivity contribution in [3.05, 3.63) is 12.2 Å². The molecule has 80 valence electrons. The van der Waals surface area contributed by atoms with Crippen LogP contribution in [0.4, 0.5) is 0 Å². The van der Waals surface area contributed by atoms with Gasteiger partial charge < -0.3 is 5.11 Å². The summed E-state index contributed by atoms with van der Waals surface area (Å²) in [6.07, 6.45) is 6.68. The van der Waals surface area contributed by atoms with Gasteiger partial charge in [-0.25, -0.2) is 0 Å². The third-order valence-corrected chi connectivity index (χ3v) is 3.29. The number of carboxylic acids is 1. The largest absolute Gasteiger partial charge is 0.481 e. The highest BCUT2D eigenvalue weighted by Crippen LogP contribution is 2.41. The van der Waals surface area contributed by atoms with Crippen molar-refractivity contribution in [2.75, 3.05) is 0 Å². The van der Waals surface area contributed by atoms with Crippen LogP contribution in [0.1, 0.15) is 51.9 Å². The molecule has 0 spiro atoms. The summed E-state index contributed by atoms with van der Waals surface area (Å²) in [6, 6.07) is 0. The number of carbonyl (C=O) groups is 1. The number of aliphatic carboxylic acids is 1. The summed E-state index contributed by atoms with van der Waals surface area (Å²) >= 11 is 0. The summed E-state index contributed by atoms with van der Waals surface area (Å²) in [5, 5.41) is 9.27. The summed E-state index contributed by atoms with van der Waals surface area (Å²) < 4.78 is 0. The molecule has 1 N–H and O–H groups in total. The van der Waals surface area contributed by atoms with Gasteiger partial charge in [0.25, 0.3) is 0 Å². The highest BCUT2D eigenvalue weighted by atomic mass is 16.4. The molecular formula is C12H20O2.